The minimum Gasteiger partial charge on any atom is -0.378 e. The van der Waals surface area contributed by atoms with Gasteiger partial charge in [-0.25, -0.2) is 4.39 Å². The Hall–Kier alpha value is -1.87. The Morgan fingerprint density at radius 3 is 2.80 bits per heavy atom. The second-order valence-corrected chi connectivity index (χ2v) is 5.51. The molecule has 0 radical (unpaired) electrons. The van der Waals surface area contributed by atoms with Gasteiger partial charge in [-0.15, -0.1) is 0 Å². The van der Waals surface area contributed by atoms with Crippen LogP contribution >= 0.6 is 0 Å². The van der Waals surface area contributed by atoms with Crippen LogP contribution in [0, 0.1) is 11.7 Å². The van der Waals surface area contributed by atoms with Crippen molar-refractivity contribution in [1.82, 2.24) is 0 Å². The summed E-state index contributed by atoms with van der Waals surface area (Å²) < 4.78 is 19.4. The predicted molar refractivity (Wildman–Crippen MR) is 76.0 cm³/mol. The highest BCUT2D eigenvalue weighted by Crippen LogP contribution is 2.49. The van der Waals surface area contributed by atoms with E-state index in [4.69, 9.17) is 4.74 Å². The summed E-state index contributed by atoms with van der Waals surface area (Å²) in [6.45, 7) is 0.746. The molecule has 102 valence electrons. The Morgan fingerprint density at radius 1 is 1.10 bits per heavy atom. The largest absolute Gasteiger partial charge is 0.378 e. The molecule has 2 aromatic carbocycles. The summed E-state index contributed by atoms with van der Waals surface area (Å²) in [7, 11) is 0. The third-order valence-corrected chi connectivity index (χ3v) is 4.36. The molecule has 1 N–H and O–H groups in total. The third kappa shape index (κ3) is 1.81. The molecule has 1 fully saturated rings. The highest BCUT2D eigenvalue weighted by atomic mass is 19.1. The number of halogens is 1. The average Bonchev–Trinajstić information content (AvgIpc) is 2.97. The Labute approximate surface area is 117 Å². The van der Waals surface area contributed by atoms with Crippen molar-refractivity contribution < 1.29 is 9.13 Å². The van der Waals surface area contributed by atoms with E-state index in [2.05, 4.69) is 29.6 Å². The third-order valence-electron chi connectivity index (χ3n) is 4.36. The Balaban J connectivity index is 1.79. The summed E-state index contributed by atoms with van der Waals surface area (Å²) in [6, 6.07) is 15.6. The van der Waals surface area contributed by atoms with Gasteiger partial charge in [0.25, 0.3) is 0 Å². The number of rotatable bonds is 1. The van der Waals surface area contributed by atoms with Gasteiger partial charge in [0.2, 0.25) is 0 Å². The normalized spacial score (nSPS) is 27.6. The molecule has 2 aliphatic rings. The van der Waals surface area contributed by atoms with E-state index >= 15 is 0 Å². The van der Waals surface area contributed by atoms with Crippen molar-refractivity contribution in [1.29, 1.82) is 0 Å². The molecule has 0 amide bonds. The molecule has 0 spiro atoms. The first kappa shape index (κ1) is 11.9. The van der Waals surface area contributed by atoms with Gasteiger partial charge < -0.3 is 10.1 Å². The van der Waals surface area contributed by atoms with Crippen LogP contribution in [0.5, 0.6) is 0 Å². The second kappa shape index (κ2) is 4.60. The molecular weight excluding hydrogens is 253 g/mol. The molecule has 20 heavy (non-hydrogen) atoms. The van der Waals surface area contributed by atoms with E-state index in [-0.39, 0.29) is 18.0 Å². The molecule has 3 atom stereocenters. The van der Waals surface area contributed by atoms with Crippen LogP contribution in [0.25, 0.3) is 0 Å². The molecule has 0 aromatic heterocycles. The highest BCUT2D eigenvalue weighted by Gasteiger charge is 2.41. The highest BCUT2D eigenvalue weighted by molar-refractivity contribution is 5.57. The van der Waals surface area contributed by atoms with Gasteiger partial charge in [0.1, 0.15) is 5.82 Å². The van der Waals surface area contributed by atoms with Crippen LogP contribution in [0.4, 0.5) is 10.1 Å². The van der Waals surface area contributed by atoms with Crippen molar-refractivity contribution in [3.05, 3.63) is 65.5 Å². The van der Waals surface area contributed by atoms with Crippen LogP contribution in [0.2, 0.25) is 0 Å². The van der Waals surface area contributed by atoms with Gasteiger partial charge in [-0.1, -0.05) is 30.3 Å². The number of fused-ring (bicyclic) bond motifs is 3. The Bertz CT molecular complexity index is 628. The quantitative estimate of drug-likeness (QED) is 0.842. The smallest absolute Gasteiger partial charge is 0.123 e. The molecule has 1 saturated heterocycles. The van der Waals surface area contributed by atoms with Gasteiger partial charge in [0.15, 0.2) is 0 Å². The lowest BCUT2D eigenvalue weighted by Crippen LogP contribution is -2.29. The van der Waals surface area contributed by atoms with Crippen molar-refractivity contribution >= 4 is 5.69 Å². The zero-order valence-corrected chi connectivity index (χ0v) is 11.1. The number of hydrogen-bond acceptors (Lipinski definition) is 2. The van der Waals surface area contributed by atoms with E-state index in [1.165, 1.54) is 11.6 Å². The van der Waals surface area contributed by atoms with E-state index < -0.39 is 0 Å². The van der Waals surface area contributed by atoms with Gasteiger partial charge >= 0.3 is 0 Å². The first-order valence-electron chi connectivity index (χ1n) is 7.05. The van der Waals surface area contributed by atoms with Crippen LogP contribution in [0.1, 0.15) is 29.7 Å². The summed E-state index contributed by atoms with van der Waals surface area (Å²) in [6.07, 6.45) is 1.01. The zero-order chi connectivity index (χ0) is 13.5. The second-order valence-electron chi connectivity index (χ2n) is 5.51. The van der Waals surface area contributed by atoms with Crippen LogP contribution in [0.15, 0.2) is 48.5 Å². The Morgan fingerprint density at radius 2 is 1.95 bits per heavy atom. The summed E-state index contributed by atoms with van der Waals surface area (Å²) in [4.78, 5) is 0. The maximum atomic E-state index is 13.5. The summed E-state index contributed by atoms with van der Waals surface area (Å²) in [5.74, 6) is 0.171. The van der Waals surface area contributed by atoms with E-state index in [0.717, 1.165) is 24.3 Å². The fourth-order valence-corrected chi connectivity index (χ4v) is 3.43. The molecular formula is C17H16FNO. The fraction of sp³-hybridized carbons (Fsp3) is 0.294. The summed E-state index contributed by atoms with van der Waals surface area (Å²) >= 11 is 0. The lowest BCUT2D eigenvalue weighted by molar-refractivity contribution is 0.0826. The number of ether oxygens (including phenoxy) is 1. The van der Waals surface area contributed by atoms with E-state index in [0.29, 0.717) is 5.92 Å². The lowest BCUT2D eigenvalue weighted by atomic mass is 9.81. The maximum Gasteiger partial charge on any atom is 0.123 e. The van der Waals surface area contributed by atoms with Crippen molar-refractivity contribution in [3.63, 3.8) is 0 Å². The van der Waals surface area contributed by atoms with Crippen LogP contribution in [0.3, 0.4) is 0 Å². The number of benzene rings is 2. The van der Waals surface area contributed by atoms with E-state index in [1.807, 2.05) is 12.1 Å². The van der Waals surface area contributed by atoms with Crippen molar-refractivity contribution in [2.24, 2.45) is 5.92 Å². The monoisotopic (exact) mass is 269 g/mol. The molecule has 2 nitrogen and oxygen atoms in total. The van der Waals surface area contributed by atoms with Gasteiger partial charge in [0, 0.05) is 23.8 Å². The standard InChI is InChI=1S/C17H16FNO/c18-12-6-7-15-14(10-12)17-13(8-9-20-17)16(19-15)11-4-2-1-3-5-11/h1-7,10,13,16-17,19H,8-9H2/t13-,16+,17+/m1/s1. The molecule has 0 unspecified atom stereocenters. The predicted octanol–water partition coefficient (Wildman–Crippen LogP) is 4.07. The average molecular weight is 269 g/mol. The minimum absolute atomic E-state index is 0.00663. The van der Waals surface area contributed by atoms with Gasteiger partial charge in [-0.05, 0) is 30.2 Å². The maximum absolute atomic E-state index is 13.5. The van der Waals surface area contributed by atoms with E-state index in [9.17, 15) is 4.39 Å². The van der Waals surface area contributed by atoms with Gasteiger partial charge in [-0.2, -0.15) is 0 Å². The molecule has 2 heterocycles. The van der Waals surface area contributed by atoms with Crippen molar-refractivity contribution in [2.45, 2.75) is 18.6 Å². The number of hydrogen-bond donors (Lipinski definition) is 1. The fourth-order valence-electron chi connectivity index (χ4n) is 3.43. The molecule has 0 saturated carbocycles. The molecule has 3 heteroatoms. The molecule has 2 aliphatic heterocycles. The summed E-state index contributed by atoms with van der Waals surface area (Å²) in [5, 5.41) is 3.57. The lowest BCUT2D eigenvalue weighted by Gasteiger charge is -2.36. The van der Waals surface area contributed by atoms with E-state index in [1.54, 1.807) is 6.07 Å². The van der Waals surface area contributed by atoms with Crippen molar-refractivity contribution in [2.75, 3.05) is 11.9 Å². The SMILES string of the molecule is Fc1ccc2c(c1)[C@H]1OCC[C@@H]1[C@H](c1ccccc1)N2. The molecule has 0 aliphatic carbocycles. The molecule has 4 rings (SSSR count). The Kier molecular flexibility index (Phi) is 2.74. The van der Waals surface area contributed by atoms with Crippen LogP contribution < -0.4 is 5.32 Å². The zero-order valence-electron chi connectivity index (χ0n) is 11.1. The minimum atomic E-state index is -0.196. The topological polar surface area (TPSA) is 21.3 Å². The molecule has 0 bridgehead atoms. The van der Waals surface area contributed by atoms with Crippen LogP contribution in [-0.4, -0.2) is 6.61 Å². The first-order valence-corrected chi connectivity index (χ1v) is 7.05. The summed E-state index contributed by atoms with van der Waals surface area (Å²) in [5.41, 5.74) is 3.21. The number of nitrogens with one attached hydrogen (secondary N) is 1. The first-order chi connectivity index (χ1) is 9.83. The van der Waals surface area contributed by atoms with Crippen molar-refractivity contribution in [3.8, 4) is 0 Å². The molecule has 2 aromatic rings. The van der Waals surface area contributed by atoms with Gasteiger partial charge in [0.05, 0.1) is 12.1 Å². The van der Waals surface area contributed by atoms with Gasteiger partial charge in [-0.3, -0.25) is 0 Å². The number of anilines is 1. The van der Waals surface area contributed by atoms with Crippen LogP contribution in [-0.2, 0) is 4.74 Å².